The number of nitrogens with zero attached hydrogens (tertiary/aromatic N) is 1. The quantitative estimate of drug-likeness (QED) is 0.353. The molecule has 0 aliphatic heterocycles. The smallest absolute Gasteiger partial charge is 0.222 e. The molecule has 0 fully saturated rings. The van der Waals surface area contributed by atoms with Crippen LogP contribution >= 0.6 is 0 Å². The predicted octanol–water partition coefficient (Wildman–Crippen LogP) is 0.512. The molecule has 0 saturated heterocycles. The number of ether oxygens (including phenoxy) is 3. The average Bonchev–Trinajstić information content (AvgIpc) is 2.62. The predicted molar refractivity (Wildman–Crippen MR) is 106 cm³/mol. The summed E-state index contributed by atoms with van der Waals surface area (Å²) in [6.45, 7) is 13.6. The van der Waals surface area contributed by atoms with Crippen molar-refractivity contribution in [2.24, 2.45) is 11.8 Å². The molecule has 0 saturated carbocycles. The second kappa shape index (κ2) is 16.9. The third kappa shape index (κ3) is 15.5. The minimum Gasteiger partial charge on any atom is -0.382 e. The van der Waals surface area contributed by atoms with Crippen LogP contribution in [0.1, 0.15) is 27.7 Å². The van der Waals surface area contributed by atoms with Crippen LogP contribution in [0.25, 0.3) is 0 Å². The maximum Gasteiger partial charge on any atom is 0.222 e. The van der Waals surface area contributed by atoms with Crippen molar-refractivity contribution in [2.45, 2.75) is 27.7 Å². The first-order valence-corrected chi connectivity index (χ1v) is 9.80. The van der Waals surface area contributed by atoms with Gasteiger partial charge < -0.3 is 24.8 Å². The van der Waals surface area contributed by atoms with Crippen LogP contribution in [0.15, 0.2) is 0 Å². The summed E-state index contributed by atoms with van der Waals surface area (Å²) in [6, 6.07) is 0. The number of hydrogen-bond acceptors (Lipinski definition) is 6. The van der Waals surface area contributed by atoms with Crippen LogP contribution < -0.4 is 10.6 Å². The van der Waals surface area contributed by atoms with Gasteiger partial charge in [0.25, 0.3) is 0 Å². The van der Waals surface area contributed by atoms with Crippen LogP contribution in [0.2, 0.25) is 0 Å². The first-order chi connectivity index (χ1) is 12.9. The summed E-state index contributed by atoms with van der Waals surface area (Å²) in [7, 11) is 1.64. The zero-order chi connectivity index (χ0) is 20.5. The van der Waals surface area contributed by atoms with Crippen molar-refractivity contribution in [2.75, 3.05) is 72.9 Å². The fourth-order valence-electron chi connectivity index (χ4n) is 2.08. The Morgan fingerprint density at radius 1 is 0.741 bits per heavy atom. The Morgan fingerprint density at radius 2 is 1.19 bits per heavy atom. The number of hydrogen-bond donors (Lipinski definition) is 2. The lowest BCUT2D eigenvalue weighted by molar-refractivity contribution is -0.124. The maximum absolute atomic E-state index is 11.7. The van der Waals surface area contributed by atoms with Crippen molar-refractivity contribution < 1.29 is 23.8 Å². The van der Waals surface area contributed by atoms with Crippen LogP contribution in [0.4, 0.5) is 0 Å². The molecule has 0 rings (SSSR count). The van der Waals surface area contributed by atoms with Gasteiger partial charge in [0.2, 0.25) is 11.8 Å². The Hall–Kier alpha value is -1.22. The Labute approximate surface area is 164 Å². The van der Waals surface area contributed by atoms with Gasteiger partial charge in [-0.15, -0.1) is 0 Å². The molecule has 0 aromatic carbocycles. The Kier molecular flexibility index (Phi) is 16.2. The molecule has 0 aliphatic rings. The fraction of sp³-hybridized carbons (Fsp3) is 0.895. The number of carbonyl (C=O) groups excluding carboxylic acids is 2. The Balaban J connectivity index is 4.07. The topological polar surface area (TPSA) is 89.1 Å². The van der Waals surface area contributed by atoms with Crippen molar-refractivity contribution in [1.82, 2.24) is 15.5 Å². The number of carbonyl (C=O) groups is 2. The van der Waals surface area contributed by atoms with Crippen LogP contribution in [0.3, 0.4) is 0 Å². The molecule has 0 aliphatic carbocycles. The van der Waals surface area contributed by atoms with Crippen LogP contribution in [0, 0.1) is 11.8 Å². The third-order valence-corrected chi connectivity index (χ3v) is 3.86. The summed E-state index contributed by atoms with van der Waals surface area (Å²) in [5, 5.41) is 5.84. The normalized spacial score (nSPS) is 11.4. The summed E-state index contributed by atoms with van der Waals surface area (Å²) in [4.78, 5) is 25.5. The van der Waals surface area contributed by atoms with E-state index in [1.54, 1.807) is 7.11 Å². The maximum atomic E-state index is 11.7. The zero-order valence-corrected chi connectivity index (χ0v) is 17.7. The molecule has 0 atom stereocenters. The van der Waals surface area contributed by atoms with Gasteiger partial charge >= 0.3 is 0 Å². The minimum atomic E-state index is -0.0229. The molecule has 0 heterocycles. The Morgan fingerprint density at radius 3 is 1.63 bits per heavy atom. The highest BCUT2D eigenvalue weighted by Gasteiger charge is 2.10. The van der Waals surface area contributed by atoms with Gasteiger partial charge in [-0.2, -0.15) is 0 Å². The molecule has 8 nitrogen and oxygen atoms in total. The summed E-state index contributed by atoms with van der Waals surface area (Å²) < 4.78 is 15.8. The van der Waals surface area contributed by atoms with Gasteiger partial charge in [0, 0.05) is 51.7 Å². The minimum absolute atomic E-state index is 0.0229. The molecule has 0 aromatic heterocycles. The van der Waals surface area contributed by atoms with Crippen LogP contribution in [0.5, 0.6) is 0 Å². The SMILES string of the molecule is COCCOCCOCCN(CCNC(=O)C(C)C)CCNC(=O)C(C)C. The molecule has 0 spiro atoms. The molecule has 0 bridgehead atoms. The lowest BCUT2D eigenvalue weighted by Crippen LogP contribution is -2.42. The van der Waals surface area contributed by atoms with Gasteiger partial charge in [-0.3, -0.25) is 14.5 Å². The second-order valence-corrected chi connectivity index (χ2v) is 6.95. The van der Waals surface area contributed by atoms with Crippen molar-refractivity contribution in [3.8, 4) is 0 Å². The van der Waals surface area contributed by atoms with E-state index in [2.05, 4.69) is 15.5 Å². The first-order valence-electron chi connectivity index (χ1n) is 9.80. The molecular weight excluding hydrogens is 350 g/mol. The molecule has 160 valence electrons. The molecule has 2 N–H and O–H groups in total. The fourth-order valence-corrected chi connectivity index (χ4v) is 2.08. The van der Waals surface area contributed by atoms with Crippen LogP contribution in [-0.2, 0) is 23.8 Å². The average molecular weight is 390 g/mol. The number of nitrogens with one attached hydrogen (secondary N) is 2. The van der Waals surface area contributed by atoms with Gasteiger partial charge in [-0.05, 0) is 0 Å². The van der Waals surface area contributed by atoms with Gasteiger partial charge in [-0.25, -0.2) is 0 Å². The van der Waals surface area contributed by atoms with Crippen molar-refractivity contribution in [3.05, 3.63) is 0 Å². The van der Waals surface area contributed by atoms with E-state index < -0.39 is 0 Å². The van der Waals surface area contributed by atoms with E-state index >= 15 is 0 Å². The molecule has 27 heavy (non-hydrogen) atoms. The van der Waals surface area contributed by atoms with E-state index in [1.807, 2.05) is 27.7 Å². The highest BCUT2D eigenvalue weighted by Crippen LogP contribution is 1.94. The Bertz CT molecular complexity index is 366. The monoisotopic (exact) mass is 389 g/mol. The molecular formula is C19H39N3O5. The third-order valence-electron chi connectivity index (χ3n) is 3.86. The lowest BCUT2D eigenvalue weighted by atomic mass is 10.2. The molecule has 0 unspecified atom stereocenters. The van der Waals surface area contributed by atoms with E-state index in [9.17, 15) is 9.59 Å². The molecule has 8 heteroatoms. The first kappa shape index (κ1) is 25.8. The van der Waals surface area contributed by atoms with Gasteiger partial charge in [0.05, 0.1) is 33.0 Å². The van der Waals surface area contributed by atoms with Gasteiger partial charge in [0.15, 0.2) is 0 Å². The molecule has 2 amide bonds. The van der Waals surface area contributed by atoms with Crippen LogP contribution in [-0.4, -0.2) is 89.6 Å². The highest BCUT2D eigenvalue weighted by atomic mass is 16.5. The zero-order valence-electron chi connectivity index (χ0n) is 17.7. The summed E-state index contributed by atoms with van der Waals surface area (Å²) in [5.41, 5.74) is 0. The molecule has 0 aromatic rings. The van der Waals surface area contributed by atoms with Crippen molar-refractivity contribution in [3.63, 3.8) is 0 Å². The van der Waals surface area contributed by atoms with Gasteiger partial charge in [-0.1, -0.05) is 27.7 Å². The van der Waals surface area contributed by atoms with E-state index in [0.29, 0.717) is 59.2 Å². The summed E-state index contributed by atoms with van der Waals surface area (Å²) in [5.74, 6) is 0.0514. The molecule has 0 radical (unpaired) electrons. The van der Waals surface area contributed by atoms with Crippen molar-refractivity contribution >= 4 is 11.8 Å². The number of rotatable bonds is 17. The van der Waals surface area contributed by atoms with Gasteiger partial charge in [0.1, 0.15) is 0 Å². The largest absolute Gasteiger partial charge is 0.382 e. The van der Waals surface area contributed by atoms with Crippen molar-refractivity contribution in [1.29, 1.82) is 0 Å². The standard InChI is InChI=1S/C19H39N3O5/c1-16(2)18(23)20-6-8-22(9-7-21-19(24)17(3)4)10-11-26-14-15-27-13-12-25-5/h16-17H,6-15H2,1-5H3,(H,20,23)(H,21,24). The van der Waals surface area contributed by atoms with E-state index in [0.717, 1.165) is 6.54 Å². The second-order valence-electron chi connectivity index (χ2n) is 6.95. The van der Waals surface area contributed by atoms with E-state index in [-0.39, 0.29) is 23.7 Å². The summed E-state index contributed by atoms with van der Waals surface area (Å²) >= 11 is 0. The number of amides is 2. The van der Waals surface area contributed by atoms with E-state index in [4.69, 9.17) is 14.2 Å². The highest BCUT2D eigenvalue weighted by molar-refractivity contribution is 5.78. The summed E-state index contributed by atoms with van der Waals surface area (Å²) in [6.07, 6.45) is 0. The van der Waals surface area contributed by atoms with E-state index in [1.165, 1.54) is 0 Å². The number of methoxy groups -OCH3 is 1. The lowest BCUT2D eigenvalue weighted by Gasteiger charge is -2.23.